The van der Waals surface area contributed by atoms with Crippen molar-refractivity contribution in [2.45, 2.75) is 25.8 Å². The molecule has 12 nitrogen and oxygen atoms in total. The molecule has 0 saturated heterocycles. The highest BCUT2D eigenvalue weighted by Crippen LogP contribution is 2.42. The van der Waals surface area contributed by atoms with Crippen LogP contribution in [0.4, 0.5) is 0 Å². The molecule has 0 bridgehead atoms. The molecule has 204 valence electrons. The van der Waals surface area contributed by atoms with Gasteiger partial charge in [0, 0.05) is 19.9 Å². The minimum Gasteiger partial charge on any atom is -0.400 e. The Morgan fingerprint density at radius 1 is 1.25 bits per heavy atom. The third-order valence-corrected chi connectivity index (χ3v) is 6.11. The van der Waals surface area contributed by atoms with Gasteiger partial charge in [-0.05, 0) is 13.0 Å². The molecule has 36 heavy (non-hydrogen) atoms. The average Bonchev–Trinajstić information content (AvgIpc) is 2.79. The van der Waals surface area contributed by atoms with E-state index >= 15 is 0 Å². The molecule has 1 aromatic heterocycles. The topological polar surface area (TPSA) is 167 Å². The number of aliphatic hydroxyl groups excluding tert-OH is 1. The fourth-order valence-electron chi connectivity index (χ4n) is 2.43. The second-order valence-corrected chi connectivity index (χ2v) is 11.3. The van der Waals surface area contributed by atoms with Crippen LogP contribution < -0.4 is 0 Å². The highest BCUT2D eigenvalue weighted by molar-refractivity contribution is 7.90. The van der Waals surface area contributed by atoms with Crippen molar-refractivity contribution in [3.63, 3.8) is 0 Å². The maximum Gasteiger partial charge on any atom is 0.472 e. The lowest BCUT2D eigenvalue weighted by atomic mass is 10.1. The predicted molar refractivity (Wildman–Crippen MR) is 136 cm³/mol. The smallest absolute Gasteiger partial charge is 0.400 e. The Kier molecular flexibility index (Phi) is 16.3. The molecule has 0 radical (unpaired) electrons. The second kappa shape index (κ2) is 16.4. The molecule has 2 N–H and O–H groups in total. The Labute approximate surface area is 214 Å². The van der Waals surface area contributed by atoms with Crippen molar-refractivity contribution in [1.29, 1.82) is 5.26 Å². The maximum atomic E-state index is 12.9. The van der Waals surface area contributed by atoms with Crippen molar-refractivity contribution in [3.05, 3.63) is 22.9 Å². The van der Waals surface area contributed by atoms with Crippen molar-refractivity contribution >= 4 is 23.6 Å². The number of aryl methyl sites for hydroxylation is 1. The molecule has 0 fully saturated rings. The third-order valence-electron chi connectivity index (χ3n) is 4.08. The van der Waals surface area contributed by atoms with Gasteiger partial charge < -0.3 is 19.4 Å². The molecular weight excluding hydrogens is 511 g/mol. The van der Waals surface area contributed by atoms with Gasteiger partial charge >= 0.3 is 7.82 Å². The summed E-state index contributed by atoms with van der Waals surface area (Å²) in [5.74, 6) is 1.67. The average molecular weight is 550 g/mol. The number of terminal acetylenes is 1. The van der Waals surface area contributed by atoms with E-state index in [1.165, 1.54) is 6.92 Å². The molecule has 0 aromatic carbocycles. The summed E-state index contributed by atoms with van der Waals surface area (Å²) in [5, 5.41) is 15.8. The minimum atomic E-state index is -4.33. The van der Waals surface area contributed by atoms with E-state index in [0.717, 1.165) is 24.3 Å². The monoisotopic (exact) mass is 549 g/mol. The number of phosphoric ester groups is 1. The molecule has 1 atom stereocenters. The van der Waals surface area contributed by atoms with E-state index in [1.54, 1.807) is 6.07 Å². The highest BCUT2D eigenvalue weighted by Gasteiger charge is 2.26. The largest absolute Gasteiger partial charge is 0.472 e. The number of hydrogen-bond donors (Lipinski definition) is 2. The lowest BCUT2D eigenvalue weighted by molar-refractivity contribution is -0.870. The molecule has 0 aliphatic carbocycles. The number of phosphoric acid groups is 1. The lowest BCUT2D eigenvalue weighted by Gasteiger charge is -2.24. The number of likely N-dealkylation sites (N-methyl/N-ethyl adjacent to an activating group) is 1. The van der Waals surface area contributed by atoms with Crippen LogP contribution in [-0.2, 0) is 23.4 Å². The van der Waals surface area contributed by atoms with Crippen molar-refractivity contribution in [2.75, 3.05) is 67.4 Å². The summed E-state index contributed by atoms with van der Waals surface area (Å²) in [6.07, 6.45) is 6.23. The summed E-state index contributed by atoms with van der Waals surface area (Å²) in [7, 11) is -1.41. The van der Waals surface area contributed by atoms with Gasteiger partial charge in [0.2, 0.25) is 0 Å². The predicted octanol–water partition coefficient (Wildman–Crippen LogP) is 1.22. The number of carbonyl (C=O) groups excluding carboxylic acids is 1. The number of aromatic nitrogens is 1. The first-order valence-electron chi connectivity index (χ1n) is 10.8. The number of rotatable bonds is 11. The summed E-state index contributed by atoms with van der Waals surface area (Å²) in [5.41, 5.74) is -0.201. The van der Waals surface area contributed by atoms with Crippen molar-refractivity contribution in [2.24, 2.45) is 0 Å². The zero-order valence-electron chi connectivity index (χ0n) is 22.2. The van der Waals surface area contributed by atoms with Gasteiger partial charge in [-0.2, -0.15) is 5.26 Å². The number of sulfone groups is 1. The normalized spacial score (nSPS) is 12.4. The van der Waals surface area contributed by atoms with Crippen LogP contribution in [-0.4, -0.2) is 106 Å². The molecule has 0 aliphatic rings. The second-order valence-electron chi connectivity index (χ2n) is 7.94. The van der Waals surface area contributed by atoms with Crippen molar-refractivity contribution in [1.82, 2.24) is 9.88 Å². The number of quaternary nitrogens is 1. The molecule has 1 aromatic rings. The summed E-state index contributed by atoms with van der Waals surface area (Å²) in [6.45, 7) is 5.25. The SMILES string of the molecule is C#CCN(CCOP(=O)(O)OCC[N+](C)(C)C)C(=O)c1cc(C#N)c(S(C)(=O)=O)nc1C.CC.CO. The molecule has 1 heterocycles. The van der Waals surface area contributed by atoms with Gasteiger partial charge in [-0.15, -0.1) is 6.42 Å². The third kappa shape index (κ3) is 13.1. The number of nitrogens with zero attached hydrogens (tertiary/aromatic N) is 4. The first kappa shape index (κ1) is 35.8. The zero-order chi connectivity index (χ0) is 28.7. The van der Waals surface area contributed by atoms with E-state index in [0.29, 0.717) is 11.0 Å². The Bertz CT molecular complexity index is 1090. The van der Waals surface area contributed by atoms with Gasteiger partial charge in [-0.3, -0.25) is 13.8 Å². The van der Waals surface area contributed by atoms with Gasteiger partial charge in [-0.1, -0.05) is 19.8 Å². The quantitative estimate of drug-likeness (QED) is 0.233. The van der Waals surface area contributed by atoms with Gasteiger partial charge in [0.05, 0.1) is 51.1 Å². The Balaban J connectivity index is 0. The number of hydrogen-bond acceptors (Lipinski definition) is 9. The molecular formula is C22H38N4O8PS+. The maximum absolute atomic E-state index is 12.9. The molecule has 1 unspecified atom stereocenters. The van der Waals surface area contributed by atoms with E-state index in [-0.39, 0.29) is 43.1 Å². The van der Waals surface area contributed by atoms with Crippen LogP contribution in [0.1, 0.15) is 35.5 Å². The number of carbonyl (C=O) groups is 1. The molecule has 14 heteroatoms. The number of pyridine rings is 1. The van der Waals surface area contributed by atoms with Crippen molar-refractivity contribution in [3.8, 4) is 18.4 Å². The Morgan fingerprint density at radius 3 is 2.22 bits per heavy atom. The van der Waals surface area contributed by atoms with Crippen LogP contribution >= 0.6 is 7.82 Å². The first-order chi connectivity index (χ1) is 16.6. The summed E-state index contributed by atoms with van der Waals surface area (Å²) in [6, 6.07) is 2.86. The molecule has 0 aliphatic heterocycles. The highest BCUT2D eigenvalue weighted by atomic mass is 32.2. The fraction of sp³-hybridized carbons (Fsp3) is 0.591. The van der Waals surface area contributed by atoms with E-state index < -0.39 is 28.6 Å². The van der Waals surface area contributed by atoms with Crippen LogP contribution in [0.25, 0.3) is 0 Å². The van der Waals surface area contributed by atoms with Gasteiger partial charge in [0.15, 0.2) is 14.9 Å². The van der Waals surface area contributed by atoms with Crippen LogP contribution in [0.5, 0.6) is 0 Å². The fourth-order valence-corrected chi connectivity index (χ4v) is 3.94. The molecule has 1 amide bonds. The summed E-state index contributed by atoms with van der Waals surface area (Å²) < 4.78 is 46.0. The summed E-state index contributed by atoms with van der Waals surface area (Å²) in [4.78, 5) is 27.8. The Morgan fingerprint density at radius 2 is 1.78 bits per heavy atom. The van der Waals surface area contributed by atoms with E-state index in [9.17, 15) is 27.9 Å². The van der Waals surface area contributed by atoms with Crippen LogP contribution in [0, 0.1) is 30.6 Å². The van der Waals surface area contributed by atoms with E-state index in [4.69, 9.17) is 20.6 Å². The van der Waals surface area contributed by atoms with E-state index in [1.807, 2.05) is 35.0 Å². The molecule has 0 spiro atoms. The van der Waals surface area contributed by atoms with Gasteiger partial charge in [0.1, 0.15) is 19.2 Å². The minimum absolute atomic E-state index is 0.00123. The number of amides is 1. The number of nitriles is 1. The molecule has 0 saturated carbocycles. The van der Waals surface area contributed by atoms with Gasteiger partial charge in [-0.25, -0.2) is 18.0 Å². The van der Waals surface area contributed by atoms with Gasteiger partial charge in [0.25, 0.3) is 5.91 Å². The van der Waals surface area contributed by atoms with E-state index in [2.05, 4.69) is 10.9 Å². The first-order valence-corrected chi connectivity index (χ1v) is 14.2. The zero-order valence-corrected chi connectivity index (χ0v) is 23.9. The van der Waals surface area contributed by atoms with Crippen molar-refractivity contribution < 1.29 is 41.3 Å². The standard InChI is InChI=1S/C19H27N4O7PS.C2H6.CH4O/c1-7-8-22(9-11-29-31(25,26)30-12-10-23(3,4)5)19(24)17-13-16(14-20)18(21-15(17)2)32(6,27)28;2*1-2/h1,13H,8-12H2,2-6H3;1-2H3;2H,1H3/p+1. The van der Waals surface area contributed by atoms with Crippen LogP contribution in [0.3, 0.4) is 0 Å². The number of aliphatic hydroxyl groups is 1. The Hall–Kier alpha value is -2.35. The van der Waals surface area contributed by atoms with Crippen LogP contribution in [0.2, 0.25) is 0 Å². The van der Waals surface area contributed by atoms with Crippen LogP contribution in [0.15, 0.2) is 11.1 Å². The molecule has 1 rings (SSSR count). The lowest BCUT2D eigenvalue weighted by Crippen LogP contribution is -2.37. The summed E-state index contributed by atoms with van der Waals surface area (Å²) >= 11 is 0.